The van der Waals surface area contributed by atoms with Crippen LogP contribution in [0, 0.1) is 0 Å². The highest BCUT2D eigenvalue weighted by Crippen LogP contribution is 2.27. The van der Waals surface area contributed by atoms with Crippen LogP contribution in [0.2, 0.25) is 0 Å². The zero-order valence-electron chi connectivity index (χ0n) is 7.61. The number of hydrogen-bond acceptors (Lipinski definition) is 2. The van der Waals surface area contributed by atoms with Crippen LogP contribution in [0.1, 0.15) is 17.9 Å². The van der Waals surface area contributed by atoms with Gasteiger partial charge < -0.3 is 0 Å². The van der Waals surface area contributed by atoms with Crippen molar-refractivity contribution in [3.05, 3.63) is 34.3 Å². The summed E-state index contributed by atoms with van der Waals surface area (Å²) in [7, 11) is 0. The lowest BCUT2D eigenvalue weighted by molar-refractivity contribution is -0.127. The Labute approximate surface area is 91.0 Å². The van der Waals surface area contributed by atoms with Crippen molar-refractivity contribution in [1.82, 2.24) is 5.01 Å². The van der Waals surface area contributed by atoms with E-state index in [9.17, 15) is 4.79 Å². The molecule has 1 heterocycles. The van der Waals surface area contributed by atoms with Gasteiger partial charge in [-0.3, -0.25) is 9.80 Å². The van der Waals surface area contributed by atoms with Gasteiger partial charge in [0, 0.05) is 23.4 Å². The molecule has 1 amide bonds. The van der Waals surface area contributed by atoms with Gasteiger partial charge in [0.1, 0.15) is 0 Å². The summed E-state index contributed by atoms with van der Waals surface area (Å²) in [5, 5.41) is 1.30. The molecule has 1 unspecified atom stereocenters. The number of amides is 1. The molecule has 1 aliphatic heterocycles. The number of carbonyl (C=O) groups excluding carboxylic acids is 1. The van der Waals surface area contributed by atoms with E-state index in [0.717, 1.165) is 4.47 Å². The smallest absolute Gasteiger partial charge is 0.237 e. The SMILES string of the molecule is NN1CC(c2ccc(Br)cc2)CC1=O. The summed E-state index contributed by atoms with van der Waals surface area (Å²) >= 11 is 3.38. The van der Waals surface area contributed by atoms with E-state index in [1.54, 1.807) is 0 Å². The van der Waals surface area contributed by atoms with Gasteiger partial charge in [0.2, 0.25) is 5.91 Å². The monoisotopic (exact) mass is 254 g/mol. The molecule has 74 valence electrons. The normalized spacial score (nSPS) is 21.7. The molecule has 0 radical (unpaired) electrons. The number of hydrogen-bond donors (Lipinski definition) is 1. The number of hydrazine groups is 1. The number of rotatable bonds is 1. The molecular formula is C10H11BrN2O. The Hall–Kier alpha value is -0.870. The maximum Gasteiger partial charge on any atom is 0.237 e. The third-order valence-corrected chi connectivity index (χ3v) is 3.03. The summed E-state index contributed by atoms with van der Waals surface area (Å²) in [5.41, 5.74) is 1.18. The number of nitrogens with zero attached hydrogens (tertiary/aromatic N) is 1. The van der Waals surface area contributed by atoms with Crippen molar-refractivity contribution in [2.75, 3.05) is 6.54 Å². The van der Waals surface area contributed by atoms with Gasteiger partial charge >= 0.3 is 0 Å². The van der Waals surface area contributed by atoms with E-state index in [0.29, 0.717) is 13.0 Å². The Morgan fingerprint density at radius 1 is 1.36 bits per heavy atom. The first-order chi connectivity index (χ1) is 6.66. The van der Waals surface area contributed by atoms with Crippen LogP contribution in [0.25, 0.3) is 0 Å². The van der Waals surface area contributed by atoms with E-state index >= 15 is 0 Å². The molecule has 14 heavy (non-hydrogen) atoms. The summed E-state index contributed by atoms with van der Waals surface area (Å²) in [6, 6.07) is 8.03. The van der Waals surface area contributed by atoms with Crippen molar-refractivity contribution in [3.8, 4) is 0 Å². The van der Waals surface area contributed by atoms with E-state index in [2.05, 4.69) is 15.9 Å². The van der Waals surface area contributed by atoms with Crippen LogP contribution < -0.4 is 5.84 Å². The van der Waals surface area contributed by atoms with Gasteiger partial charge in [-0.2, -0.15) is 0 Å². The summed E-state index contributed by atoms with van der Waals surface area (Å²) in [5.74, 6) is 5.79. The molecule has 0 spiro atoms. The van der Waals surface area contributed by atoms with Crippen LogP contribution in [-0.4, -0.2) is 17.5 Å². The van der Waals surface area contributed by atoms with Gasteiger partial charge in [-0.15, -0.1) is 0 Å². The van der Waals surface area contributed by atoms with Crippen molar-refractivity contribution in [3.63, 3.8) is 0 Å². The fourth-order valence-electron chi connectivity index (χ4n) is 1.69. The second-order valence-electron chi connectivity index (χ2n) is 3.50. The lowest BCUT2D eigenvalue weighted by Gasteiger charge is -2.09. The second kappa shape index (κ2) is 3.71. The zero-order valence-corrected chi connectivity index (χ0v) is 9.20. The van der Waals surface area contributed by atoms with Crippen LogP contribution in [0.15, 0.2) is 28.7 Å². The van der Waals surface area contributed by atoms with E-state index in [-0.39, 0.29) is 11.8 Å². The number of benzene rings is 1. The quantitative estimate of drug-likeness (QED) is 0.612. The van der Waals surface area contributed by atoms with Gasteiger partial charge in [-0.1, -0.05) is 28.1 Å². The molecule has 1 fully saturated rings. The molecule has 1 atom stereocenters. The Bertz CT molecular complexity index is 350. The Balaban J connectivity index is 2.17. The van der Waals surface area contributed by atoms with Crippen LogP contribution in [0.5, 0.6) is 0 Å². The molecule has 3 nitrogen and oxygen atoms in total. The molecular weight excluding hydrogens is 244 g/mol. The topological polar surface area (TPSA) is 46.3 Å². The minimum atomic E-state index is 0.0259. The molecule has 0 aliphatic carbocycles. The summed E-state index contributed by atoms with van der Waals surface area (Å²) in [6.07, 6.45) is 0.526. The lowest BCUT2D eigenvalue weighted by atomic mass is 9.99. The van der Waals surface area contributed by atoms with Crippen molar-refractivity contribution < 1.29 is 4.79 Å². The lowest BCUT2D eigenvalue weighted by Crippen LogP contribution is -2.31. The van der Waals surface area contributed by atoms with Crippen LogP contribution in [-0.2, 0) is 4.79 Å². The number of carbonyl (C=O) groups is 1. The highest BCUT2D eigenvalue weighted by Gasteiger charge is 2.28. The Morgan fingerprint density at radius 2 is 2.00 bits per heavy atom. The summed E-state index contributed by atoms with van der Waals surface area (Å²) in [4.78, 5) is 11.2. The molecule has 0 saturated carbocycles. The maximum atomic E-state index is 11.2. The first-order valence-corrected chi connectivity index (χ1v) is 5.26. The molecule has 1 saturated heterocycles. The van der Waals surface area contributed by atoms with E-state index in [4.69, 9.17) is 5.84 Å². The third-order valence-electron chi connectivity index (χ3n) is 2.50. The Kier molecular flexibility index (Phi) is 2.56. The van der Waals surface area contributed by atoms with Gasteiger partial charge in [0.25, 0.3) is 0 Å². The van der Waals surface area contributed by atoms with Gasteiger partial charge in [-0.25, -0.2) is 5.84 Å². The average molecular weight is 255 g/mol. The molecule has 1 aliphatic rings. The predicted octanol–water partition coefficient (Wildman–Crippen LogP) is 1.64. The highest BCUT2D eigenvalue weighted by atomic mass is 79.9. The highest BCUT2D eigenvalue weighted by molar-refractivity contribution is 9.10. The molecule has 1 aromatic rings. The van der Waals surface area contributed by atoms with Crippen molar-refractivity contribution in [2.45, 2.75) is 12.3 Å². The van der Waals surface area contributed by atoms with Crippen LogP contribution in [0.3, 0.4) is 0 Å². The minimum absolute atomic E-state index is 0.0259. The fourth-order valence-corrected chi connectivity index (χ4v) is 1.95. The van der Waals surface area contributed by atoms with Crippen LogP contribution in [0.4, 0.5) is 0 Å². The predicted molar refractivity (Wildman–Crippen MR) is 57.4 cm³/mol. The maximum absolute atomic E-state index is 11.2. The fraction of sp³-hybridized carbons (Fsp3) is 0.300. The van der Waals surface area contributed by atoms with E-state index in [1.165, 1.54) is 10.6 Å². The minimum Gasteiger partial charge on any atom is -0.280 e. The zero-order chi connectivity index (χ0) is 10.1. The van der Waals surface area contributed by atoms with Gasteiger partial charge in [0.05, 0.1) is 0 Å². The van der Waals surface area contributed by atoms with E-state index in [1.807, 2.05) is 24.3 Å². The van der Waals surface area contributed by atoms with Crippen LogP contribution >= 0.6 is 15.9 Å². The molecule has 0 bridgehead atoms. The number of halogens is 1. The molecule has 2 N–H and O–H groups in total. The first-order valence-electron chi connectivity index (χ1n) is 4.47. The van der Waals surface area contributed by atoms with E-state index < -0.39 is 0 Å². The Morgan fingerprint density at radius 3 is 2.50 bits per heavy atom. The van der Waals surface area contributed by atoms with Crippen molar-refractivity contribution >= 4 is 21.8 Å². The summed E-state index contributed by atoms with van der Waals surface area (Å²) < 4.78 is 1.05. The van der Waals surface area contributed by atoms with Crippen molar-refractivity contribution in [1.29, 1.82) is 0 Å². The molecule has 1 aromatic carbocycles. The largest absolute Gasteiger partial charge is 0.280 e. The third kappa shape index (κ3) is 1.81. The number of nitrogens with two attached hydrogens (primary N) is 1. The standard InChI is InChI=1S/C10H11BrN2O/c11-9-3-1-7(2-4-9)8-5-10(14)13(12)6-8/h1-4,8H,5-6,12H2. The summed E-state index contributed by atoms with van der Waals surface area (Å²) in [6.45, 7) is 0.625. The molecule has 0 aromatic heterocycles. The van der Waals surface area contributed by atoms with Gasteiger partial charge in [-0.05, 0) is 17.7 Å². The molecule has 2 rings (SSSR count). The first kappa shape index (κ1) is 9.68. The van der Waals surface area contributed by atoms with Crippen molar-refractivity contribution in [2.24, 2.45) is 5.84 Å². The average Bonchev–Trinajstić information content (AvgIpc) is 2.48. The second-order valence-corrected chi connectivity index (χ2v) is 4.41. The molecule has 4 heteroatoms. The van der Waals surface area contributed by atoms with Gasteiger partial charge in [0.15, 0.2) is 0 Å².